The summed E-state index contributed by atoms with van der Waals surface area (Å²) in [4.78, 5) is 26.2. The lowest BCUT2D eigenvalue weighted by atomic mass is 10.1. The second-order valence-corrected chi connectivity index (χ2v) is 6.96. The van der Waals surface area contributed by atoms with Crippen molar-refractivity contribution >= 4 is 23.5 Å². The van der Waals surface area contributed by atoms with E-state index in [9.17, 15) is 9.59 Å². The Bertz CT molecular complexity index is 783. The predicted molar refractivity (Wildman–Crippen MR) is 103 cm³/mol. The van der Waals surface area contributed by atoms with Crippen LogP contribution in [-0.2, 0) is 16.1 Å². The number of carbonyl (C=O) groups excluding carboxylic acids is 2. The monoisotopic (exact) mass is 387 g/mol. The van der Waals surface area contributed by atoms with Gasteiger partial charge in [-0.1, -0.05) is 23.7 Å². The largest absolute Gasteiger partial charge is 0.489 e. The highest BCUT2D eigenvalue weighted by Crippen LogP contribution is 2.17. The van der Waals surface area contributed by atoms with Gasteiger partial charge in [0.2, 0.25) is 0 Å². The van der Waals surface area contributed by atoms with Crippen LogP contribution >= 0.6 is 11.6 Å². The molecule has 142 valence electrons. The van der Waals surface area contributed by atoms with Crippen molar-refractivity contribution in [3.05, 3.63) is 64.7 Å². The van der Waals surface area contributed by atoms with Gasteiger partial charge in [-0.25, -0.2) is 4.79 Å². The Morgan fingerprint density at radius 3 is 2.30 bits per heavy atom. The van der Waals surface area contributed by atoms with E-state index < -0.39 is 12.1 Å². The van der Waals surface area contributed by atoms with Crippen LogP contribution in [0.15, 0.2) is 48.5 Å². The zero-order valence-corrected chi connectivity index (χ0v) is 15.9. The highest BCUT2D eigenvalue weighted by molar-refractivity contribution is 6.30. The highest BCUT2D eigenvalue weighted by Gasteiger charge is 2.26. The van der Waals surface area contributed by atoms with Crippen LogP contribution < -0.4 is 4.74 Å². The standard InChI is InChI=1S/C21H22ClNO4/c1-15(20(24)23-12-2-3-13-23)27-21(25)17-6-4-16(5-7-17)14-26-19-10-8-18(22)9-11-19/h4-11,15H,2-3,12-14H2,1H3/t15-/m1/s1. The molecule has 0 saturated carbocycles. The van der Waals surface area contributed by atoms with Crippen LogP contribution in [0, 0.1) is 0 Å². The predicted octanol–water partition coefficient (Wildman–Crippen LogP) is 4.09. The minimum absolute atomic E-state index is 0.131. The van der Waals surface area contributed by atoms with Gasteiger partial charge in [-0.15, -0.1) is 0 Å². The molecule has 0 aliphatic carbocycles. The molecule has 3 rings (SSSR count). The van der Waals surface area contributed by atoms with E-state index in [2.05, 4.69) is 0 Å². The number of benzene rings is 2. The molecule has 2 aromatic rings. The fraction of sp³-hybridized carbons (Fsp3) is 0.333. The summed E-state index contributed by atoms with van der Waals surface area (Å²) in [6.07, 6.45) is 1.24. The van der Waals surface area contributed by atoms with Crippen LogP contribution in [0.4, 0.5) is 0 Å². The molecule has 1 saturated heterocycles. The third-order valence-corrected chi connectivity index (χ3v) is 4.71. The number of ether oxygens (including phenoxy) is 2. The second-order valence-electron chi connectivity index (χ2n) is 6.52. The fourth-order valence-electron chi connectivity index (χ4n) is 2.91. The van der Waals surface area contributed by atoms with Gasteiger partial charge < -0.3 is 14.4 Å². The lowest BCUT2D eigenvalue weighted by Gasteiger charge is -2.20. The lowest BCUT2D eigenvalue weighted by Crippen LogP contribution is -2.38. The van der Waals surface area contributed by atoms with Crippen LogP contribution in [0.1, 0.15) is 35.7 Å². The average molecular weight is 388 g/mol. The molecule has 1 heterocycles. The smallest absolute Gasteiger partial charge is 0.338 e. The molecule has 5 nitrogen and oxygen atoms in total. The van der Waals surface area contributed by atoms with Crippen LogP contribution in [0.25, 0.3) is 0 Å². The molecule has 1 aliphatic rings. The molecule has 27 heavy (non-hydrogen) atoms. The molecule has 0 spiro atoms. The molecule has 0 bridgehead atoms. The minimum atomic E-state index is -0.775. The summed E-state index contributed by atoms with van der Waals surface area (Å²) >= 11 is 5.85. The summed E-state index contributed by atoms with van der Waals surface area (Å²) in [5.74, 6) is 0.0891. The molecule has 2 aromatic carbocycles. The normalized spacial score (nSPS) is 14.7. The Kier molecular flexibility index (Phi) is 6.35. The van der Waals surface area contributed by atoms with Gasteiger partial charge in [-0.2, -0.15) is 0 Å². The Morgan fingerprint density at radius 2 is 1.67 bits per heavy atom. The van der Waals surface area contributed by atoms with Crippen molar-refractivity contribution in [3.8, 4) is 5.75 Å². The van der Waals surface area contributed by atoms with E-state index in [1.807, 2.05) is 0 Å². The number of carbonyl (C=O) groups is 2. The van der Waals surface area contributed by atoms with E-state index in [1.165, 1.54) is 0 Å². The minimum Gasteiger partial charge on any atom is -0.489 e. The van der Waals surface area contributed by atoms with E-state index in [1.54, 1.807) is 60.4 Å². The summed E-state index contributed by atoms with van der Waals surface area (Å²) in [5, 5.41) is 0.655. The number of hydrogen-bond donors (Lipinski definition) is 0. The van der Waals surface area contributed by atoms with Gasteiger partial charge in [0.15, 0.2) is 6.10 Å². The van der Waals surface area contributed by atoms with E-state index in [-0.39, 0.29) is 5.91 Å². The van der Waals surface area contributed by atoms with Crippen LogP contribution in [0.2, 0.25) is 5.02 Å². The van der Waals surface area contributed by atoms with Crippen molar-refractivity contribution < 1.29 is 19.1 Å². The summed E-state index contributed by atoms with van der Waals surface area (Å²) in [7, 11) is 0. The molecular weight excluding hydrogens is 366 g/mol. The van der Waals surface area contributed by atoms with Gasteiger partial charge in [0, 0.05) is 18.1 Å². The Hall–Kier alpha value is -2.53. The maximum Gasteiger partial charge on any atom is 0.338 e. The second kappa shape index (κ2) is 8.91. The maximum absolute atomic E-state index is 12.3. The summed E-state index contributed by atoms with van der Waals surface area (Å²) in [6, 6.07) is 14.1. The topological polar surface area (TPSA) is 55.8 Å². The first kappa shape index (κ1) is 19.2. The van der Waals surface area contributed by atoms with Crippen molar-refractivity contribution in [1.29, 1.82) is 0 Å². The van der Waals surface area contributed by atoms with Crippen molar-refractivity contribution in [2.75, 3.05) is 13.1 Å². The van der Waals surface area contributed by atoms with Crippen molar-refractivity contribution in [2.24, 2.45) is 0 Å². The molecule has 0 N–H and O–H groups in total. The van der Waals surface area contributed by atoms with Crippen molar-refractivity contribution in [2.45, 2.75) is 32.5 Å². The maximum atomic E-state index is 12.3. The number of nitrogens with zero attached hydrogens (tertiary/aromatic N) is 1. The van der Waals surface area contributed by atoms with E-state index in [0.717, 1.165) is 37.2 Å². The zero-order chi connectivity index (χ0) is 19.2. The van der Waals surface area contributed by atoms with E-state index in [4.69, 9.17) is 21.1 Å². The fourth-order valence-corrected chi connectivity index (χ4v) is 3.03. The number of halogens is 1. The molecule has 1 fully saturated rings. The number of likely N-dealkylation sites (tertiary alicyclic amines) is 1. The van der Waals surface area contributed by atoms with Crippen molar-refractivity contribution in [3.63, 3.8) is 0 Å². The zero-order valence-electron chi connectivity index (χ0n) is 15.2. The van der Waals surface area contributed by atoms with Crippen LogP contribution in [0.5, 0.6) is 5.75 Å². The molecule has 1 amide bonds. The van der Waals surface area contributed by atoms with E-state index >= 15 is 0 Å². The van der Waals surface area contributed by atoms with Gasteiger partial charge in [0.1, 0.15) is 12.4 Å². The Balaban J connectivity index is 1.52. The van der Waals surface area contributed by atoms with E-state index in [0.29, 0.717) is 17.2 Å². The summed E-state index contributed by atoms with van der Waals surface area (Å²) in [6.45, 7) is 3.47. The Labute approximate surface area is 163 Å². The van der Waals surface area contributed by atoms with Crippen LogP contribution in [0.3, 0.4) is 0 Å². The first-order valence-corrected chi connectivity index (χ1v) is 9.38. The van der Waals surface area contributed by atoms with Gasteiger partial charge in [0.25, 0.3) is 5.91 Å². The summed E-state index contributed by atoms with van der Waals surface area (Å²) < 4.78 is 11.0. The van der Waals surface area contributed by atoms with Gasteiger partial charge in [0.05, 0.1) is 5.56 Å². The van der Waals surface area contributed by atoms with Gasteiger partial charge in [-0.05, 0) is 61.7 Å². The molecule has 1 atom stereocenters. The molecule has 0 unspecified atom stereocenters. The first-order valence-electron chi connectivity index (χ1n) is 9.00. The molecular formula is C21H22ClNO4. The summed E-state index contributed by atoms with van der Waals surface area (Å²) in [5.41, 5.74) is 1.33. The third-order valence-electron chi connectivity index (χ3n) is 4.46. The van der Waals surface area contributed by atoms with Crippen LogP contribution in [-0.4, -0.2) is 36.0 Å². The van der Waals surface area contributed by atoms with Crippen molar-refractivity contribution in [1.82, 2.24) is 4.90 Å². The number of esters is 1. The number of hydrogen-bond acceptors (Lipinski definition) is 4. The number of amides is 1. The first-order chi connectivity index (χ1) is 13.0. The average Bonchev–Trinajstić information content (AvgIpc) is 3.22. The lowest BCUT2D eigenvalue weighted by molar-refractivity contribution is -0.138. The molecule has 0 aromatic heterocycles. The molecule has 1 aliphatic heterocycles. The number of rotatable bonds is 6. The third kappa shape index (κ3) is 5.23. The molecule has 0 radical (unpaired) electrons. The highest BCUT2D eigenvalue weighted by atomic mass is 35.5. The van der Waals surface area contributed by atoms with Gasteiger partial charge >= 0.3 is 5.97 Å². The quantitative estimate of drug-likeness (QED) is 0.700. The van der Waals surface area contributed by atoms with Gasteiger partial charge in [-0.3, -0.25) is 4.79 Å². The molecule has 6 heteroatoms. The SMILES string of the molecule is C[C@@H](OC(=O)c1ccc(COc2ccc(Cl)cc2)cc1)C(=O)N1CCCC1. The Morgan fingerprint density at radius 1 is 1.04 bits per heavy atom.